The van der Waals surface area contributed by atoms with Crippen molar-refractivity contribution in [1.29, 1.82) is 0 Å². The molecule has 0 atom stereocenters. The van der Waals surface area contributed by atoms with Gasteiger partial charge in [0, 0.05) is 41.1 Å². The van der Waals surface area contributed by atoms with E-state index in [9.17, 15) is 9.59 Å². The largest absolute Gasteiger partial charge is 0.469 e. The lowest BCUT2D eigenvalue weighted by Crippen LogP contribution is -2.10. The van der Waals surface area contributed by atoms with E-state index in [-0.39, 0.29) is 18.1 Å². The Bertz CT molecular complexity index is 1080. The van der Waals surface area contributed by atoms with E-state index in [1.165, 1.54) is 0 Å². The minimum Gasteiger partial charge on any atom is -0.469 e. The topological polar surface area (TPSA) is 52.2 Å². The number of hydrogen-bond donors (Lipinski definition) is 0. The summed E-state index contributed by atoms with van der Waals surface area (Å²) in [6, 6.07) is 20.6. The summed E-state index contributed by atoms with van der Waals surface area (Å²) in [6.45, 7) is 0.239. The normalized spacial score (nSPS) is 11.0. The zero-order valence-corrected chi connectivity index (χ0v) is 14.8. The summed E-state index contributed by atoms with van der Waals surface area (Å²) in [5, 5.41) is 0.866. The van der Waals surface area contributed by atoms with Crippen molar-refractivity contribution in [3.63, 3.8) is 0 Å². The predicted octanol–water partition coefficient (Wildman–Crippen LogP) is 4.67. The molecule has 0 amide bonds. The lowest BCUT2D eigenvalue weighted by Gasteiger charge is -2.04. The van der Waals surface area contributed by atoms with Crippen molar-refractivity contribution in [2.75, 3.05) is 0 Å². The van der Waals surface area contributed by atoms with Crippen LogP contribution in [0.1, 0.15) is 28.1 Å². The van der Waals surface area contributed by atoms with Gasteiger partial charge < -0.3 is 8.98 Å². The molecule has 4 rings (SSSR count). The number of carbonyl (C=O) groups excluding carboxylic acids is 2. The van der Waals surface area contributed by atoms with Crippen molar-refractivity contribution in [3.05, 3.63) is 96.1 Å². The molecule has 0 aliphatic heterocycles. The molecule has 0 radical (unpaired) electrons. The number of aromatic nitrogens is 1. The number of carbonyl (C=O) groups is 2. The molecular weight excluding hydrogens is 338 g/mol. The number of aryl methyl sites for hydroxylation is 1. The van der Waals surface area contributed by atoms with Crippen molar-refractivity contribution in [1.82, 2.24) is 4.57 Å². The highest BCUT2D eigenvalue weighted by Crippen LogP contribution is 2.24. The first-order valence-corrected chi connectivity index (χ1v) is 8.94. The molecule has 0 bridgehead atoms. The van der Waals surface area contributed by atoms with Gasteiger partial charge in [-0.05, 0) is 18.2 Å². The van der Waals surface area contributed by atoms with Gasteiger partial charge in [0.2, 0.25) is 0 Å². The second kappa shape index (κ2) is 7.46. The third-order valence-corrected chi connectivity index (χ3v) is 4.65. The van der Waals surface area contributed by atoms with E-state index in [1.54, 1.807) is 12.5 Å². The molecule has 4 heteroatoms. The van der Waals surface area contributed by atoms with E-state index in [0.29, 0.717) is 24.0 Å². The first kappa shape index (κ1) is 17.0. The summed E-state index contributed by atoms with van der Waals surface area (Å²) in [4.78, 5) is 25.4. The molecule has 27 heavy (non-hydrogen) atoms. The molecule has 134 valence electrons. The summed E-state index contributed by atoms with van der Waals surface area (Å²) in [6.07, 6.45) is 4.40. The van der Waals surface area contributed by atoms with Crippen LogP contribution in [0.4, 0.5) is 0 Å². The fraction of sp³-hybridized carbons (Fsp3) is 0.130. The van der Waals surface area contributed by atoms with Crippen molar-refractivity contribution in [3.8, 4) is 0 Å². The Kier molecular flexibility index (Phi) is 4.71. The zero-order valence-electron chi connectivity index (χ0n) is 14.8. The zero-order chi connectivity index (χ0) is 18.6. The molecule has 0 aliphatic rings. The quantitative estimate of drug-likeness (QED) is 0.452. The highest BCUT2D eigenvalue weighted by atomic mass is 16.3. The number of nitrogens with zero attached hydrogens (tertiary/aromatic N) is 1. The Morgan fingerprint density at radius 2 is 1.67 bits per heavy atom. The molecule has 0 spiro atoms. The number of fused-ring (bicyclic) bond motifs is 1. The van der Waals surface area contributed by atoms with Crippen LogP contribution in [0.25, 0.3) is 10.9 Å². The van der Waals surface area contributed by atoms with E-state index in [2.05, 4.69) is 0 Å². The molecule has 2 aromatic carbocycles. The maximum atomic E-state index is 12.9. The summed E-state index contributed by atoms with van der Waals surface area (Å²) < 4.78 is 7.16. The van der Waals surface area contributed by atoms with Gasteiger partial charge in [-0.15, -0.1) is 0 Å². The van der Waals surface area contributed by atoms with Gasteiger partial charge in [-0.3, -0.25) is 9.59 Å². The maximum absolute atomic E-state index is 12.9. The van der Waals surface area contributed by atoms with Gasteiger partial charge in [0.15, 0.2) is 11.6 Å². The lowest BCUT2D eigenvalue weighted by atomic mass is 10.0. The Morgan fingerprint density at radius 1 is 0.889 bits per heavy atom. The molecule has 0 saturated heterocycles. The predicted molar refractivity (Wildman–Crippen MR) is 104 cm³/mol. The molecule has 0 fully saturated rings. The highest BCUT2D eigenvalue weighted by Gasteiger charge is 2.17. The molecule has 0 saturated carbocycles. The van der Waals surface area contributed by atoms with Gasteiger partial charge in [-0.25, -0.2) is 0 Å². The van der Waals surface area contributed by atoms with E-state index in [4.69, 9.17) is 4.42 Å². The molecule has 0 N–H and O–H groups in total. The molecular formula is C23H19NO3. The third kappa shape index (κ3) is 3.60. The van der Waals surface area contributed by atoms with E-state index in [0.717, 1.165) is 16.7 Å². The summed E-state index contributed by atoms with van der Waals surface area (Å²) in [7, 11) is 0. The first-order valence-electron chi connectivity index (χ1n) is 8.94. The van der Waals surface area contributed by atoms with Crippen molar-refractivity contribution in [2.24, 2.45) is 0 Å². The van der Waals surface area contributed by atoms with E-state index < -0.39 is 0 Å². The summed E-state index contributed by atoms with van der Waals surface area (Å²) in [5.41, 5.74) is 2.16. The Morgan fingerprint density at radius 3 is 2.44 bits per heavy atom. The van der Waals surface area contributed by atoms with Gasteiger partial charge in [-0.1, -0.05) is 48.5 Å². The molecule has 4 nitrogen and oxygen atoms in total. The average molecular weight is 357 g/mol. The number of ketones is 2. The van der Waals surface area contributed by atoms with Crippen LogP contribution < -0.4 is 0 Å². The number of rotatable bonds is 7. The fourth-order valence-electron chi connectivity index (χ4n) is 3.29. The Hall–Kier alpha value is -3.40. The number of Topliss-reactive ketones (excluding diaryl/α,β-unsaturated/α-hetero) is 1. The van der Waals surface area contributed by atoms with Crippen LogP contribution in [-0.4, -0.2) is 16.1 Å². The number of hydrogen-bond acceptors (Lipinski definition) is 3. The van der Waals surface area contributed by atoms with Gasteiger partial charge >= 0.3 is 0 Å². The number of furan rings is 1. The van der Waals surface area contributed by atoms with Crippen LogP contribution in [0.2, 0.25) is 0 Å². The lowest BCUT2D eigenvalue weighted by molar-refractivity contribution is -0.119. The van der Waals surface area contributed by atoms with Crippen LogP contribution in [0.3, 0.4) is 0 Å². The van der Waals surface area contributed by atoms with Crippen LogP contribution in [-0.2, 0) is 17.8 Å². The number of benzene rings is 2. The highest BCUT2D eigenvalue weighted by molar-refractivity contribution is 6.16. The molecule has 2 aromatic heterocycles. The van der Waals surface area contributed by atoms with Crippen molar-refractivity contribution < 1.29 is 14.0 Å². The van der Waals surface area contributed by atoms with Gasteiger partial charge in [0.25, 0.3) is 0 Å². The maximum Gasteiger partial charge on any atom is 0.195 e. The molecule has 0 aliphatic carbocycles. The van der Waals surface area contributed by atoms with Crippen LogP contribution in [0.15, 0.2) is 83.6 Å². The molecule has 2 heterocycles. The van der Waals surface area contributed by atoms with Crippen molar-refractivity contribution in [2.45, 2.75) is 19.4 Å². The van der Waals surface area contributed by atoms with Crippen LogP contribution >= 0.6 is 0 Å². The second-order valence-electron chi connectivity index (χ2n) is 6.50. The minimum atomic E-state index is -0.0337. The average Bonchev–Trinajstić information content (AvgIpc) is 3.35. The molecule has 4 aromatic rings. The van der Waals surface area contributed by atoms with Gasteiger partial charge in [0.1, 0.15) is 5.76 Å². The smallest absolute Gasteiger partial charge is 0.195 e. The van der Waals surface area contributed by atoms with Crippen LogP contribution in [0, 0.1) is 0 Å². The van der Waals surface area contributed by atoms with Gasteiger partial charge in [0.05, 0.1) is 12.8 Å². The van der Waals surface area contributed by atoms with Gasteiger partial charge in [-0.2, -0.15) is 0 Å². The van der Waals surface area contributed by atoms with E-state index >= 15 is 0 Å². The minimum absolute atomic E-state index is 0.0337. The monoisotopic (exact) mass is 357 g/mol. The van der Waals surface area contributed by atoms with Crippen molar-refractivity contribution >= 4 is 22.5 Å². The van der Waals surface area contributed by atoms with Crippen LogP contribution in [0.5, 0.6) is 0 Å². The Balaban J connectivity index is 1.60. The fourth-order valence-corrected chi connectivity index (χ4v) is 3.29. The summed E-state index contributed by atoms with van der Waals surface area (Å²) >= 11 is 0. The SMILES string of the molecule is O=C(CCc1ccco1)Cn1cc(C(=O)c2ccccc2)c2ccccc21. The molecule has 0 unspecified atom stereocenters. The Labute approximate surface area is 157 Å². The number of para-hydroxylation sites is 1. The second-order valence-corrected chi connectivity index (χ2v) is 6.50. The third-order valence-electron chi connectivity index (χ3n) is 4.65. The first-order chi connectivity index (χ1) is 13.2. The van der Waals surface area contributed by atoms with E-state index in [1.807, 2.05) is 71.3 Å². The summed E-state index contributed by atoms with van der Waals surface area (Å²) in [5.74, 6) is 0.875. The standard InChI is InChI=1S/C23H19NO3/c25-18(12-13-19-9-6-14-27-19)15-24-16-21(20-10-4-5-11-22(20)24)23(26)17-7-2-1-3-8-17/h1-11,14,16H,12-13,15H2.